The number of hydrogen-bond donors (Lipinski definition) is 2. The molecule has 1 unspecified atom stereocenters. The molecular formula is C30H34N6O5S. The number of para-hydroxylation sites is 1. The van der Waals surface area contributed by atoms with Gasteiger partial charge in [-0.25, -0.2) is 5.21 Å². The molecule has 2 aliphatic rings. The predicted octanol–water partition coefficient (Wildman–Crippen LogP) is 2.59. The van der Waals surface area contributed by atoms with Gasteiger partial charge in [0, 0.05) is 54.0 Å². The highest BCUT2D eigenvalue weighted by Gasteiger charge is 2.39. The van der Waals surface area contributed by atoms with Crippen molar-refractivity contribution < 1.29 is 19.7 Å². The van der Waals surface area contributed by atoms with Crippen LogP contribution in [0.3, 0.4) is 0 Å². The summed E-state index contributed by atoms with van der Waals surface area (Å²) in [6.45, 7) is 4.61. The molecule has 2 aromatic heterocycles. The van der Waals surface area contributed by atoms with Gasteiger partial charge in [0.05, 0.1) is 37.1 Å². The van der Waals surface area contributed by atoms with Gasteiger partial charge < -0.3 is 24.0 Å². The topological polar surface area (TPSA) is 126 Å². The highest BCUT2D eigenvalue weighted by atomic mass is 32.2. The molecule has 1 saturated heterocycles. The van der Waals surface area contributed by atoms with Crippen molar-refractivity contribution in [3.8, 4) is 17.1 Å². The van der Waals surface area contributed by atoms with Crippen LogP contribution in [0.5, 0.6) is 5.75 Å². The van der Waals surface area contributed by atoms with Gasteiger partial charge in [0.1, 0.15) is 5.69 Å². The monoisotopic (exact) mass is 590 g/mol. The van der Waals surface area contributed by atoms with Crippen LogP contribution in [0.25, 0.3) is 11.4 Å². The van der Waals surface area contributed by atoms with Gasteiger partial charge in [-0.2, -0.15) is 15.0 Å². The molecule has 12 heteroatoms. The highest BCUT2D eigenvalue weighted by molar-refractivity contribution is 7.88. The third-order valence-corrected chi connectivity index (χ3v) is 9.45. The number of piperazine rings is 1. The number of nitrogens with one attached hydrogen (secondary N) is 1. The SMILES string of the molecule is CC1(COc2c(N3CCN([S+]([O-])Cc4cc(-n5cccc5)ccc4[N@H+]([O-])O)CC3)cnn(-c3ccccc3)c2=O)CC1. The summed E-state index contributed by atoms with van der Waals surface area (Å²) in [5.41, 5.74) is 2.56. The molecule has 42 heavy (non-hydrogen) atoms. The van der Waals surface area contributed by atoms with Crippen LogP contribution >= 0.6 is 0 Å². The molecule has 0 bridgehead atoms. The van der Waals surface area contributed by atoms with Crippen molar-refractivity contribution >= 4 is 22.7 Å². The van der Waals surface area contributed by atoms with Crippen LogP contribution < -0.4 is 20.4 Å². The van der Waals surface area contributed by atoms with Crippen LogP contribution in [0, 0.1) is 10.6 Å². The van der Waals surface area contributed by atoms with Gasteiger partial charge in [-0.05, 0) is 49.2 Å². The summed E-state index contributed by atoms with van der Waals surface area (Å²) in [4.78, 5) is 15.6. The molecule has 3 heterocycles. The van der Waals surface area contributed by atoms with E-state index in [1.165, 1.54) is 4.68 Å². The minimum absolute atomic E-state index is 0.0909. The number of rotatable bonds is 10. The lowest BCUT2D eigenvalue weighted by Crippen LogP contribution is -2.99. The van der Waals surface area contributed by atoms with Gasteiger partial charge in [0.25, 0.3) is 0 Å². The van der Waals surface area contributed by atoms with E-state index in [4.69, 9.17) is 4.74 Å². The van der Waals surface area contributed by atoms with Crippen LogP contribution in [0.15, 0.2) is 84.0 Å². The normalized spacial score (nSPS) is 18.0. The number of quaternary nitrogens is 1. The molecule has 0 spiro atoms. The van der Waals surface area contributed by atoms with E-state index >= 15 is 0 Å². The molecule has 2 atom stereocenters. The summed E-state index contributed by atoms with van der Waals surface area (Å²) >= 11 is -1.43. The summed E-state index contributed by atoms with van der Waals surface area (Å²) in [5.74, 6) is 0.378. The average Bonchev–Trinajstić information content (AvgIpc) is 3.48. The fourth-order valence-corrected chi connectivity index (χ4v) is 6.34. The van der Waals surface area contributed by atoms with E-state index in [1.54, 1.807) is 24.4 Å². The molecule has 1 aliphatic heterocycles. The molecule has 2 N–H and O–H groups in total. The van der Waals surface area contributed by atoms with Gasteiger partial charge in [-0.1, -0.05) is 25.1 Å². The van der Waals surface area contributed by atoms with Gasteiger partial charge in [-0.3, -0.25) is 4.79 Å². The fraction of sp³-hybridized carbons (Fsp3) is 0.333. The molecule has 2 fully saturated rings. The molecule has 6 rings (SSSR count). The highest BCUT2D eigenvalue weighted by Crippen LogP contribution is 2.45. The molecule has 0 radical (unpaired) electrons. The van der Waals surface area contributed by atoms with Crippen LogP contribution in [0.4, 0.5) is 11.4 Å². The van der Waals surface area contributed by atoms with Crippen molar-refractivity contribution in [2.24, 2.45) is 5.41 Å². The Labute approximate surface area is 247 Å². The number of hydrogen-bond acceptors (Lipinski definition) is 8. The lowest BCUT2D eigenvalue weighted by Gasteiger charge is -2.36. The Hall–Kier alpha value is -3.65. The van der Waals surface area contributed by atoms with E-state index in [-0.39, 0.29) is 28.2 Å². The summed E-state index contributed by atoms with van der Waals surface area (Å²) < 4.78 is 24.8. The quantitative estimate of drug-likeness (QED) is 0.213. The van der Waals surface area contributed by atoms with Crippen molar-refractivity contribution in [2.45, 2.75) is 25.5 Å². The minimum Gasteiger partial charge on any atom is -0.598 e. The Morgan fingerprint density at radius 2 is 1.74 bits per heavy atom. The zero-order valence-corrected chi connectivity index (χ0v) is 24.2. The van der Waals surface area contributed by atoms with Crippen molar-refractivity contribution in [2.75, 3.05) is 37.7 Å². The van der Waals surface area contributed by atoms with Gasteiger partial charge in [-0.15, -0.1) is 4.31 Å². The second kappa shape index (κ2) is 11.9. The molecular weight excluding hydrogens is 556 g/mol. The Kier molecular flexibility index (Phi) is 8.08. The minimum atomic E-state index is -1.43. The van der Waals surface area contributed by atoms with E-state index in [1.807, 2.05) is 63.7 Å². The van der Waals surface area contributed by atoms with Crippen LogP contribution in [0.2, 0.25) is 0 Å². The van der Waals surface area contributed by atoms with E-state index in [0.29, 0.717) is 49.7 Å². The maximum absolute atomic E-state index is 13.6. The maximum atomic E-state index is 13.6. The molecule has 2 aromatic carbocycles. The van der Waals surface area contributed by atoms with Gasteiger partial charge in [0.15, 0.2) is 11.4 Å². The maximum Gasteiger partial charge on any atom is 0.316 e. The third-order valence-electron chi connectivity index (χ3n) is 7.95. The first-order chi connectivity index (χ1) is 20.3. The summed E-state index contributed by atoms with van der Waals surface area (Å²) in [6, 6.07) is 18.2. The zero-order chi connectivity index (χ0) is 29.3. The second-order valence-corrected chi connectivity index (χ2v) is 12.6. The Bertz CT molecular complexity index is 1570. The van der Waals surface area contributed by atoms with E-state index in [9.17, 15) is 19.8 Å². The number of ether oxygens (including phenoxy) is 1. The first kappa shape index (κ1) is 28.5. The Morgan fingerprint density at radius 1 is 1.02 bits per heavy atom. The molecule has 1 aliphatic carbocycles. The van der Waals surface area contributed by atoms with Gasteiger partial charge >= 0.3 is 5.56 Å². The molecule has 0 amide bonds. The van der Waals surface area contributed by atoms with Crippen molar-refractivity contribution in [1.29, 1.82) is 0 Å². The number of benzene rings is 2. The number of aromatic nitrogens is 3. The van der Waals surface area contributed by atoms with E-state index in [2.05, 4.69) is 16.9 Å². The van der Waals surface area contributed by atoms with Crippen LogP contribution in [-0.2, 0) is 17.1 Å². The molecule has 11 nitrogen and oxygen atoms in total. The Balaban J connectivity index is 1.18. The fourth-order valence-electron chi connectivity index (χ4n) is 5.08. The lowest BCUT2D eigenvalue weighted by molar-refractivity contribution is -0.991. The smallest absolute Gasteiger partial charge is 0.316 e. The summed E-state index contributed by atoms with van der Waals surface area (Å²) in [6.07, 6.45) is 7.58. The standard InChI is InChI=1S/C30H34N6O5S/c1-30(11-12-30)22-41-28-27(20-31-35(29(28)37)24-7-3-2-4-8-24)33-15-17-34(18-16-33)42(40)21-23-19-25(32-13-5-6-14-32)9-10-26(23)36(38)39/h2-10,13-14,19-20,36,38H,11-12,15-18,21-22H2,1H3. The van der Waals surface area contributed by atoms with Crippen LogP contribution in [-0.4, -0.2) is 61.2 Å². The van der Waals surface area contributed by atoms with Crippen LogP contribution in [0.1, 0.15) is 25.3 Å². The number of nitrogens with zero attached hydrogens (tertiary/aromatic N) is 5. The molecule has 4 aromatic rings. The van der Waals surface area contributed by atoms with Gasteiger partial charge in [0.2, 0.25) is 5.75 Å². The largest absolute Gasteiger partial charge is 0.598 e. The molecule has 220 valence electrons. The van der Waals surface area contributed by atoms with Crippen molar-refractivity contribution in [3.63, 3.8) is 0 Å². The van der Waals surface area contributed by atoms with Crippen molar-refractivity contribution in [1.82, 2.24) is 18.7 Å². The third kappa shape index (κ3) is 6.09. The second-order valence-electron chi connectivity index (χ2n) is 11.1. The first-order valence-electron chi connectivity index (χ1n) is 14.0. The van der Waals surface area contributed by atoms with E-state index in [0.717, 1.165) is 18.5 Å². The zero-order valence-electron chi connectivity index (χ0n) is 23.4. The van der Waals surface area contributed by atoms with E-state index < -0.39 is 16.6 Å². The Morgan fingerprint density at radius 3 is 2.40 bits per heavy atom. The number of anilines is 1. The first-order valence-corrected chi connectivity index (χ1v) is 15.3. The summed E-state index contributed by atoms with van der Waals surface area (Å²) in [7, 11) is 0. The summed E-state index contributed by atoms with van der Waals surface area (Å²) in [5, 5.41) is 25.1. The predicted molar refractivity (Wildman–Crippen MR) is 160 cm³/mol. The lowest BCUT2D eigenvalue weighted by atomic mass is 10.2. The van der Waals surface area contributed by atoms with Crippen molar-refractivity contribution in [3.05, 3.63) is 100 Å². The average molecular weight is 591 g/mol. The molecule has 1 saturated carbocycles.